The first kappa shape index (κ1) is 22.5. The molecule has 1 amide bonds. The van der Waals surface area contributed by atoms with Crippen LogP contribution < -0.4 is 4.90 Å². The largest absolute Gasteiger partial charge is 0.378 e. The monoisotopic (exact) mass is 480 g/mol. The predicted molar refractivity (Wildman–Crippen MR) is 130 cm³/mol. The van der Waals surface area contributed by atoms with Gasteiger partial charge in [0.15, 0.2) is 10.9 Å². The van der Waals surface area contributed by atoms with Crippen molar-refractivity contribution in [1.82, 2.24) is 19.9 Å². The maximum absolute atomic E-state index is 13.6. The van der Waals surface area contributed by atoms with Crippen LogP contribution in [-0.2, 0) is 11.3 Å². The molecule has 34 heavy (non-hydrogen) atoms. The minimum Gasteiger partial charge on any atom is -0.378 e. The van der Waals surface area contributed by atoms with Gasteiger partial charge in [-0.15, -0.1) is 5.10 Å². The molecular formula is C24H25FN6O2S. The summed E-state index contributed by atoms with van der Waals surface area (Å²) in [5, 5.41) is 9.25. The van der Waals surface area contributed by atoms with Crippen molar-refractivity contribution in [2.75, 3.05) is 43.5 Å². The van der Waals surface area contributed by atoms with Crippen molar-refractivity contribution in [3.8, 4) is 0 Å². The fraction of sp³-hybridized carbons (Fsp3) is 0.333. The van der Waals surface area contributed by atoms with E-state index in [1.54, 1.807) is 39.7 Å². The summed E-state index contributed by atoms with van der Waals surface area (Å²) < 4.78 is 20.7. The number of thioether (sulfide) groups is 1. The number of nitrogens with zero attached hydrogens (tertiary/aromatic N) is 6. The average Bonchev–Trinajstić information content (AvgIpc) is 3.54. The van der Waals surface area contributed by atoms with Crippen molar-refractivity contribution >= 4 is 28.5 Å². The van der Waals surface area contributed by atoms with Crippen LogP contribution >= 0.6 is 11.8 Å². The van der Waals surface area contributed by atoms with E-state index >= 15 is 0 Å². The maximum atomic E-state index is 13.6. The van der Waals surface area contributed by atoms with Crippen molar-refractivity contribution in [2.45, 2.75) is 12.6 Å². The molecule has 3 aromatic rings. The number of hydrogen-bond donors (Lipinski definition) is 0. The van der Waals surface area contributed by atoms with E-state index in [1.807, 2.05) is 30.3 Å². The minimum absolute atomic E-state index is 0.0730. The fourth-order valence-electron chi connectivity index (χ4n) is 3.94. The van der Waals surface area contributed by atoms with Gasteiger partial charge in [0.1, 0.15) is 5.82 Å². The molecule has 10 heteroatoms. The van der Waals surface area contributed by atoms with Crippen LogP contribution in [0.3, 0.4) is 0 Å². The van der Waals surface area contributed by atoms with Crippen molar-refractivity contribution < 1.29 is 13.9 Å². The first-order valence-corrected chi connectivity index (χ1v) is 12.2. The zero-order chi connectivity index (χ0) is 23.3. The summed E-state index contributed by atoms with van der Waals surface area (Å²) in [4.78, 5) is 22.2. The second kappa shape index (κ2) is 10.4. The number of ether oxygens (including phenoxy) is 1. The summed E-state index contributed by atoms with van der Waals surface area (Å²) in [5.74, 6) is 0.137. The van der Waals surface area contributed by atoms with Gasteiger partial charge in [-0.3, -0.25) is 9.79 Å². The molecule has 0 spiro atoms. The summed E-state index contributed by atoms with van der Waals surface area (Å²) in [7, 11) is 0. The van der Waals surface area contributed by atoms with Crippen molar-refractivity contribution in [3.63, 3.8) is 0 Å². The quantitative estimate of drug-likeness (QED) is 0.540. The normalized spacial score (nSPS) is 18.1. The zero-order valence-corrected chi connectivity index (χ0v) is 19.4. The number of rotatable bonds is 6. The second-order valence-electron chi connectivity index (χ2n) is 8.16. The summed E-state index contributed by atoms with van der Waals surface area (Å²) in [6, 6.07) is 15.7. The summed E-state index contributed by atoms with van der Waals surface area (Å²) >= 11 is 1.70. The number of morpholine rings is 1. The number of aromatic nitrogens is 3. The number of benzene rings is 2. The van der Waals surface area contributed by atoms with Gasteiger partial charge in [-0.1, -0.05) is 47.3 Å². The highest BCUT2D eigenvalue weighted by molar-refractivity contribution is 8.14. The highest BCUT2D eigenvalue weighted by Crippen LogP contribution is 2.25. The molecule has 2 aromatic carbocycles. The smallest absolute Gasteiger partial charge is 0.280 e. The van der Waals surface area contributed by atoms with E-state index in [0.29, 0.717) is 32.0 Å². The Kier molecular flexibility index (Phi) is 6.87. The Balaban J connectivity index is 1.34. The SMILES string of the molecule is O=C(c1cn(Cc2ccccc2)nn1)N(CC1CSC(N2CCOCC2)=N1)c1ccc(F)cc1. The van der Waals surface area contributed by atoms with Crippen LogP contribution in [0.5, 0.6) is 0 Å². The summed E-state index contributed by atoms with van der Waals surface area (Å²) in [6.45, 7) is 3.93. The standard InChI is InChI=1S/C24H25FN6O2S/c25-19-6-8-21(9-7-19)31(15-20-17-34-24(26-20)29-10-12-33-13-11-29)23(32)22-16-30(28-27-22)14-18-4-2-1-3-5-18/h1-9,16,20H,10-15,17H2. The Morgan fingerprint density at radius 2 is 1.88 bits per heavy atom. The molecule has 5 rings (SSSR count). The molecule has 3 heterocycles. The van der Waals surface area contributed by atoms with Gasteiger partial charge in [0.2, 0.25) is 0 Å². The van der Waals surface area contributed by atoms with Gasteiger partial charge in [0.25, 0.3) is 5.91 Å². The number of hydrogen-bond acceptors (Lipinski definition) is 7. The lowest BCUT2D eigenvalue weighted by molar-refractivity contribution is 0.0693. The van der Waals surface area contributed by atoms with E-state index in [9.17, 15) is 9.18 Å². The number of halogens is 1. The first-order valence-electron chi connectivity index (χ1n) is 11.2. The number of amides is 1. The third-order valence-electron chi connectivity index (χ3n) is 5.70. The molecule has 1 aromatic heterocycles. The lowest BCUT2D eigenvalue weighted by Gasteiger charge is -2.27. The van der Waals surface area contributed by atoms with Crippen LogP contribution in [0.25, 0.3) is 0 Å². The fourth-order valence-corrected chi connectivity index (χ4v) is 5.05. The van der Waals surface area contributed by atoms with E-state index in [1.165, 1.54) is 12.1 Å². The van der Waals surface area contributed by atoms with Gasteiger partial charge in [0, 0.05) is 31.1 Å². The Morgan fingerprint density at radius 3 is 2.65 bits per heavy atom. The molecular weight excluding hydrogens is 455 g/mol. The number of aliphatic imine (C=N–C) groups is 1. The predicted octanol–water partition coefficient (Wildman–Crippen LogP) is 2.92. The Morgan fingerprint density at radius 1 is 1.12 bits per heavy atom. The summed E-state index contributed by atoms with van der Waals surface area (Å²) in [6.07, 6.45) is 1.65. The van der Waals surface area contributed by atoms with Crippen LogP contribution in [0.15, 0.2) is 65.8 Å². The molecule has 0 aliphatic carbocycles. The molecule has 0 radical (unpaired) electrons. The zero-order valence-electron chi connectivity index (χ0n) is 18.6. The topological polar surface area (TPSA) is 75.9 Å². The Bertz CT molecular complexity index is 1150. The molecule has 1 saturated heterocycles. The lowest BCUT2D eigenvalue weighted by atomic mass is 10.2. The second-order valence-corrected chi connectivity index (χ2v) is 9.14. The maximum Gasteiger partial charge on any atom is 0.280 e. The van der Waals surface area contributed by atoms with Gasteiger partial charge in [-0.25, -0.2) is 9.07 Å². The van der Waals surface area contributed by atoms with E-state index in [0.717, 1.165) is 29.6 Å². The molecule has 1 fully saturated rings. The van der Waals surface area contributed by atoms with Crippen LogP contribution in [0, 0.1) is 5.82 Å². The highest BCUT2D eigenvalue weighted by atomic mass is 32.2. The van der Waals surface area contributed by atoms with Crippen LogP contribution in [0.2, 0.25) is 0 Å². The third kappa shape index (κ3) is 5.28. The number of amidine groups is 1. The molecule has 8 nitrogen and oxygen atoms in total. The molecule has 0 saturated carbocycles. The molecule has 0 N–H and O–H groups in total. The van der Waals surface area contributed by atoms with E-state index in [2.05, 4.69) is 15.2 Å². The first-order chi connectivity index (χ1) is 16.7. The molecule has 176 valence electrons. The van der Waals surface area contributed by atoms with E-state index < -0.39 is 0 Å². The molecule has 2 aliphatic rings. The Labute approximate surface area is 201 Å². The van der Waals surface area contributed by atoms with E-state index in [-0.39, 0.29) is 23.5 Å². The van der Waals surface area contributed by atoms with Gasteiger partial charge in [-0.2, -0.15) is 0 Å². The lowest BCUT2D eigenvalue weighted by Crippen LogP contribution is -2.39. The van der Waals surface area contributed by atoms with Gasteiger partial charge in [-0.05, 0) is 29.8 Å². The van der Waals surface area contributed by atoms with E-state index in [4.69, 9.17) is 9.73 Å². The minimum atomic E-state index is -0.353. The molecule has 1 unspecified atom stereocenters. The van der Waals surface area contributed by atoms with Crippen LogP contribution in [0.4, 0.5) is 10.1 Å². The van der Waals surface area contributed by atoms with Gasteiger partial charge in [0.05, 0.1) is 32.0 Å². The average molecular weight is 481 g/mol. The van der Waals surface area contributed by atoms with Gasteiger partial charge < -0.3 is 14.5 Å². The molecule has 2 aliphatic heterocycles. The van der Waals surface area contributed by atoms with Gasteiger partial charge >= 0.3 is 0 Å². The van der Waals surface area contributed by atoms with Crippen molar-refractivity contribution in [3.05, 3.63) is 77.9 Å². The van der Waals surface area contributed by atoms with Crippen molar-refractivity contribution in [2.24, 2.45) is 4.99 Å². The third-order valence-corrected chi connectivity index (χ3v) is 6.87. The Hall–Kier alpha value is -3.24. The van der Waals surface area contributed by atoms with Crippen LogP contribution in [-0.4, -0.2) is 75.6 Å². The number of carbonyl (C=O) groups is 1. The highest BCUT2D eigenvalue weighted by Gasteiger charge is 2.29. The van der Waals surface area contributed by atoms with Crippen molar-refractivity contribution in [1.29, 1.82) is 0 Å². The van der Waals surface area contributed by atoms with Crippen LogP contribution in [0.1, 0.15) is 16.1 Å². The number of anilines is 1. The summed E-state index contributed by atoms with van der Waals surface area (Å²) in [5.41, 5.74) is 1.90. The molecule has 1 atom stereocenters. The number of carbonyl (C=O) groups excluding carboxylic acids is 1. The molecule has 0 bridgehead atoms.